The van der Waals surface area contributed by atoms with Crippen molar-refractivity contribution in [3.8, 4) is 0 Å². The summed E-state index contributed by atoms with van der Waals surface area (Å²) in [4.78, 5) is 22.9. The van der Waals surface area contributed by atoms with Crippen LogP contribution < -0.4 is 5.32 Å². The van der Waals surface area contributed by atoms with E-state index in [2.05, 4.69) is 15.2 Å². The van der Waals surface area contributed by atoms with E-state index in [0.29, 0.717) is 12.2 Å². The molecule has 0 spiro atoms. The summed E-state index contributed by atoms with van der Waals surface area (Å²) in [6.07, 6.45) is -0.629. The molecule has 0 saturated heterocycles. The molecule has 0 saturated carbocycles. The summed E-state index contributed by atoms with van der Waals surface area (Å²) in [5, 5.41) is 16.1. The summed E-state index contributed by atoms with van der Waals surface area (Å²) in [5.74, 6) is -1.16. The van der Waals surface area contributed by atoms with Crippen LogP contribution in [0, 0.1) is 0 Å². The molecule has 0 aromatic carbocycles. The standard InChI is InChI=1S/C12H19N3O4/c1-4-8-6-9(15(5-2)14-8)11(17)13-7-10(16)12(18)19-3/h6,10,16H,4-5,7H2,1-3H3,(H,13,17). The second-order valence-electron chi connectivity index (χ2n) is 3.94. The molecule has 0 bridgehead atoms. The number of hydrogen-bond donors (Lipinski definition) is 2. The lowest BCUT2D eigenvalue weighted by Gasteiger charge is -2.10. The van der Waals surface area contributed by atoms with Gasteiger partial charge < -0.3 is 15.2 Å². The number of aliphatic hydroxyl groups excluding tert-OH is 1. The van der Waals surface area contributed by atoms with Crippen molar-refractivity contribution in [1.82, 2.24) is 15.1 Å². The van der Waals surface area contributed by atoms with Crippen molar-refractivity contribution in [1.29, 1.82) is 0 Å². The van der Waals surface area contributed by atoms with Crippen LogP contribution >= 0.6 is 0 Å². The van der Waals surface area contributed by atoms with Gasteiger partial charge in [0.15, 0.2) is 6.10 Å². The summed E-state index contributed by atoms with van der Waals surface area (Å²) < 4.78 is 5.94. The maximum absolute atomic E-state index is 11.9. The minimum atomic E-state index is -1.36. The lowest BCUT2D eigenvalue weighted by atomic mass is 10.3. The molecule has 0 radical (unpaired) electrons. The van der Waals surface area contributed by atoms with Gasteiger partial charge in [0.2, 0.25) is 0 Å². The summed E-state index contributed by atoms with van der Waals surface area (Å²) in [7, 11) is 1.17. The number of esters is 1. The van der Waals surface area contributed by atoms with Crippen molar-refractivity contribution in [3.05, 3.63) is 17.5 Å². The van der Waals surface area contributed by atoms with Crippen molar-refractivity contribution in [2.75, 3.05) is 13.7 Å². The number of methoxy groups -OCH3 is 1. The first-order chi connectivity index (χ1) is 9.03. The largest absolute Gasteiger partial charge is 0.467 e. The molecule has 1 amide bonds. The lowest BCUT2D eigenvalue weighted by Crippen LogP contribution is -2.37. The van der Waals surface area contributed by atoms with Gasteiger partial charge in [0.1, 0.15) is 5.69 Å². The highest BCUT2D eigenvalue weighted by molar-refractivity contribution is 5.93. The molecule has 1 heterocycles. The monoisotopic (exact) mass is 269 g/mol. The van der Waals surface area contributed by atoms with Gasteiger partial charge in [0, 0.05) is 6.54 Å². The Morgan fingerprint density at radius 1 is 1.53 bits per heavy atom. The summed E-state index contributed by atoms with van der Waals surface area (Å²) in [5.41, 5.74) is 1.23. The second-order valence-corrected chi connectivity index (χ2v) is 3.94. The highest BCUT2D eigenvalue weighted by Crippen LogP contribution is 2.05. The SMILES string of the molecule is CCc1cc(C(=O)NCC(O)C(=O)OC)n(CC)n1. The molecule has 1 aromatic heterocycles. The second kappa shape index (κ2) is 6.89. The van der Waals surface area contributed by atoms with Gasteiger partial charge in [0.05, 0.1) is 19.3 Å². The van der Waals surface area contributed by atoms with E-state index in [1.165, 1.54) is 7.11 Å². The number of carbonyl (C=O) groups is 2. The number of aryl methyl sites for hydroxylation is 2. The average Bonchev–Trinajstić information content (AvgIpc) is 2.86. The van der Waals surface area contributed by atoms with E-state index in [0.717, 1.165) is 12.1 Å². The predicted octanol–water partition coefficient (Wildman–Crippen LogP) is -0.271. The molecular formula is C12H19N3O4. The highest BCUT2D eigenvalue weighted by atomic mass is 16.5. The fourth-order valence-corrected chi connectivity index (χ4v) is 1.57. The third kappa shape index (κ3) is 3.78. The van der Waals surface area contributed by atoms with Crippen molar-refractivity contribution < 1.29 is 19.4 Å². The summed E-state index contributed by atoms with van der Waals surface area (Å²) in [6, 6.07) is 1.70. The quantitative estimate of drug-likeness (QED) is 0.693. The van der Waals surface area contributed by atoms with Gasteiger partial charge in [-0.15, -0.1) is 0 Å². The summed E-state index contributed by atoms with van der Waals surface area (Å²) in [6.45, 7) is 4.21. The third-order valence-electron chi connectivity index (χ3n) is 2.65. The van der Waals surface area contributed by atoms with E-state index in [-0.39, 0.29) is 12.5 Å². The van der Waals surface area contributed by atoms with Crippen LogP contribution in [0.4, 0.5) is 0 Å². The fraction of sp³-hybridized carbons (Fsp3) is 0.583. The molecular weight excluding hydrogens is 250 g/mol. The number of aliphatic hydroxyl groups is 1. The van der Waals surface area contributed by atoms with Crippen LogP contribution in [0.5, 0.6) is 0 Å². The smallest absolute Gasteiger partial charge is 0.336 e. The number of nitrogens with one attached hydrogen (secondary N) is 1. The minimum Gasteiger partial charge on any atom is -0.467 e. The molecule has 1 unspecified atom stereocenters. The first kappa shape index (κ1) is 15.2. The van der Waals surface area contributed by atoms with Gasteiger partial charge in [-0.2, -0.15) is 5.10 Å². The molecule has 7 heteroatoms. The molecule has 19 heavy (non-hydrogen) atoms. The molecule has 1 atom stereocenters. The molecule has 0 aliphatic heterocycles. The van der Waals surface area contributed by atoms with Gasteiger partial charge in [-0.3, -0.25) is 9.48 Å². The number of aromatic nitrogens is 2. The van der Waals surface area contributed by atoms with Crippen molar-refractivity contribution in [3.63, 3.8) is 0 Å². The van der Waals surface area contributed by atoms with Crippen molar-refractivity contribution >= 4 is 11.9 Å². The van der Waals surface area contributed by atoms with E-state index >= 15 is 0 Å². The van der Waals surface area contributed by atoms with Gasteiger partial charge in [-0.1, -0.05) is 6.92 Å². The molecule has 0 aliphatic rings. The van der Waals surface area contributed by atoms with Gasteiger partial charge in [0.25, 0.3) is 5.91 Å². The van der Waals surface area contributed by atoms with E-state index in [4.69, 9.17) is 0 Å². The molecule has 106 valence electrons. The fourth-order valence-electron chi connectivity index (χ4n) is 1.57. The number of rotatable bonds is 6. The van der Waals surface area contributed by atoms with Crippen LogP contribution in [0.1, 0.15) is 30.0 Å². The van der Waals surface area contributed by atoms with Crippen molar-refractivity contribution in [2.24, 2.45) is 0 Å². The predicted molar refractivity (Wildman–Crippen MR) is 67.6 cm³/mol. The Hall–Kier alpha value is -1.89. The van der Waals surface area contributed by atoms with Crippen LogP contribution in [-0.4, -0.2) is 46.5 Å². The topological polar surface area (TPSA) is 93.5 Å². The Kier molecular flexibility index (Phi) is 5.50. The van der Waals surface area contributed by atoms with Crippen LogP contribution in [0.15, 0.2) is 6.07 Å². The van der Waals surface area contributed by atoms with Crippen molar-refractivity contribution in [2.45, 2.75) is 32.9 Å². The summed E-state index contributed by atoms with van der Waals surface area (Å²) >= 11 is 0. The molecule has 0 fully saturated rings. The number of ether oxygens (including phenoxy) is 1. The first-order valence-corrected chi connectivity index (χ1v) is 6.14. The number of carbonyl (C=O) groups excluding carboxylic acids is 2. The molecule has 1 rings (SSSR count). The van der Waals surface area contributed by atoms with Gasteiger partial charge in [-0.05, 0) is 19.4 Å². The van der Waals surface area contributed by atoms with Crippen LogP contribution in [0.2, 0.25) is 0 Å². The first-order valence-electron chi connectivity index (χ1n) is 6.14. The van der Waals surface area contributed by atoms with E-state index in [9.17, 15) is 14.7 Å². The van der Waals surface area contributed by atoms with Gasteiger partial charge in [-0.25, -0.2) is 4.79 Å². The maximum Gasteiger partial charge on any atom is 0.336 e. The molecule has 2 N–H and O–H groups in total. The number of nitrogens with zero attached hydrogens (tertiary/aromatic N) is 2. The minimum absolute atomic E-state index is 0.193. The molecule has 1 aromatic rings. The average molecular weight is 269 g/mol. The number of hydrogen-bond acceptors (Lipinski definition) is 5. The molecule has 7 nitrogen and oxygen atoms in total. The molecule has 0 aliphatic carbocycles. The zero-order valence-electron chi connectivity index (χ0n) is 11.3. The highest BCUT2D eigenvalue weighted by Gasteiger charge is 2.19. The Morgan fingerprint density at radius 3 is 2.74 bits per heavy atom. The Balaban J connectivity index is 2.68. The zero-order valence-corrected chi connectivity index (χ0v) is 11.3. The lowest BCUT2D eigenvalue weighted by molar-refractivity contribution is -0.149. The Labute approximate surface area is 111 Å². The Morgan fingerprint density at radius 2 is 2.21 bits per heavy atom. The normalized spacial score (nSPS) is 12.0. The Bertz CT molecular complexity index is 456. The maximum atomic E-state index is 11.9. The zero-order chi connectivity index (χ0) is 14.4. The van der Waals surface area contributed by atoms with Gasteiger partial charge >= 0.3 is 5.97 Å². The number of amides is 1. The van der Waals surface area contributed by atoms with E-state index in [1.54, 1.807) is 10.7 Å². The van der Waals surface area contributed by atoms with E-state index in [1.807, 2.05) is 13.8 Å². The third-order valence-corrected chi connectivity index (χ3v) is 2.65. The van der Waals surface area contributed by atoms with Crippen LogP contribution in [0.3, 0.4) is 0 Å². The van der Waals surface area contributed by atoms with Crippen LogP contribution in [0.25, 0.3) is 0 Å². The van der Waals surface area contributed by atoms with Crippen LogP contribution in [-0.2, 0) is 22.5 Å². The van der Waals surface area contributed by atoms with E-state index < -0.39 is 12.1 Å².